The first-order valence-electron chi connectivity index (χ1n) is 7.29. The van der Waals surface area contributed by atoms with Crippen molar-refractivity contribution in [3.63, 3.8) is 0 Å². The van der Waals surface area contributed by atoms with Gasteiger partial charge in [0.25, 0.3) is 5.56 Å². The van der Waals surface area contributed by atoms with E-state index in [4.69, 9.17) is 10.5 Å². The van der Waals surface area contributed by atoms with Gasteiger partial charge in [0.2, 0.25) is 11.9 Å². The number of fused-ring (bicyclic) bond motifs is 1. The molecule has 0 aliphatic rings. The molecule has 2 aromatic heterocycles. The fourth-order valence-electron chi connectivity index (χ4n) is 2.21. The normalized spacial score (nSPS) is 10.8. The van der Waals surface area contributed by atoms with E-state index in [1.165, 1.54) is 0 Å². The summed E-state index contributed by atoms with van der Waals surface area (Å²) in [5, 5.41) is 3.20. The van der Waals surface area contributed by atoms with Crippen molar-refractivity contribution in [2.45, 2.75) is 12.1 Å². The van der Waals surface area contributed by atoms with Gasteiger partial charge >= 0.3 is 0 Å². The van der Waals surface area contributed by atoms with Gasteiger partial charge in [-0.15, -0.1) is 0 Å². The van der Waals surface area contributed by atoms with Crippen LogP contribution in [-0.4, -0.2) is 38.7 Å². The maximum absolute atomic E-state index is 12.2. The Kier molecular flexibility index (Phi) is 4.61. The van der Waals surface area contributed by atoms with Gasteiger partial charge in [-0.2, -0.15) is 4.98 Å². The van der Waals surface area contributed by atoms with Crippen molar-refractivity contribution in [3.8, 4) is 5.75 Å². The van der Waals surface area contributed by atoms with Crippen LogP contribution >= 0.6 is 11.8 Å². The molecule has 0 bridgehead atoms. The minimum atomic E-state index is -0.407. The maximum atomic E-state index is 12.2. The highest BCUT2D eigenvalue weighted by Gasteiger charge is 2.12. The van der Waals surface area contributed by atoms with Crippen LogP contribution in [0.2, 0.25) is 0 Å². The Hall–Kier alpha value is -3.01. The number of H-pyrrole nitrogens is 2. The molecule has 130 valence electrons. The molecule has 5 N–H and O–H groups in total. The number of amides is 1. The first kappa shape index (κ1) is 16.8. The minimum Gasteiger partial charge on any atom is -0.495 e. The second-order valence-corrected chi connectivity index (χ2v) is 6.20. The number of aryl methyl sites for hydroxylation is 1. The lowest BCUT2D eigenvalue weighted by Gasteiger charge is -2.10. The van der Waals surface area contributed by atoms with E-state index in [0.29, 0.717) is 16.6 Å². The summed E-state index contributed by atoms with van der Waals surface area (Å²) < 4.78 is 5.23. The average Bonchev–Trinajstić information content (AvgIpc) is 2.96. The number of nitrogens with one attached hydrogen (secondary N) is 3. The quantitative estimate of drug-likeness (QED) is 0.503. The topological polar surface area (TPSA) is 139 Å². The van der Waals surface area contributed by atoms with Crippen LogP contribution in [0.3, 0.4) is 0 Å². The first-order valence-corrected chi connectivity index (χ1v) is 8.27. The molecule has 0 aliphatic heterocycles. The summed E-state index contributed by atoms with van der Waals surface area (Å²) in [4.78, 5) is 37.2. The number of nitrogens with zero attached hydrogens (tertiary/aromatic N) is 2. The van der Waals surface area contributed by atoms with Gasteiger partial charge in [0.15, 0.2) is 16.3 Å². The van der Waals surface area contributed by atoms with E-state index >= 15 is 0 Å². The van der Waals surface area contributed by atoms with E-state index in [2.05, 4.69) is 25.3 Å². The highest BCUT2D eigenvalue weighted by Crippen LogP contribution is 2.25. The zero-order chi connectivity index (χ0) is 18.0. The summed E-state index contributed by atoms with van der Waals surface area (Å²) in [5.74, 6) is 0.448. The summed E-state index contributed by atoms with van der Waals surface area (Å²) in [7, 11) is 1.54. The fraction of sp³-hybridized carbons (Fsp3) is 0.200. The first-order chi connectivity index (χ1) is 12.0. The van der Waals surface area contributed by atoms with E-state index in [9.17, 15) is 9.59 Å². The van der Waals surface area contributed by atoms with E-state index in [1.54, 1.807) is 13.2 Å². The summed E-state index contributed by atoms with van der Waals surface area (Å²) >= 11 is 1.15. The molecule has 9 nitrogen and oxygen atoms in total. The Labute approximate surface area is 146 Å². The Bertz CT molecular complexity index is 997. The van der Waals surface area contributed by atoms with Crippen LogP contribution in [-0.2, 0) is 4.79 Å². The van der Waals surface area contributed by atoms with E-state index in [0.717, 1.165) is 17.3 Å². The molecule has 0 atom stereocenters. The SMILES string of the molecule is COc1ccc(C)cc1NC(=O)CSc1nc2nc(N)[nH]c(=O)c2[nH]1. The van der Waals surface area contributed by atoms with E-state index in [1.807, 2.05) is 19.1 Å². The molecular formula is C15H16N6O3S. The predicted octanol–water partition coefficient (Wildman–Crippen LogP) is 1.28. The monoisotopic (exact) mass is 360 g/mol. The third-order valence-corrected chi connectivity index (χ3v) is 4.20. The largest absolute Gasteiger partial charge is 0.495 e. The second kappa shape index (κ2) is 6.85. The van der Waals surface area contributed by atoms with Gasteiger partial charge in [-0.3, -0.25) is 14.6 Å². The summed E-state index contributed by atoms with van der Waals surface area (Å²) in [5.41, 5.74) is 7.11. The van der Waals surface area contributed by atoms with Crippen LogP contribution in [0.25, 0.3) is 11.2 Å². The van der Waals surface area contributed by atoms with E-state index < -0.39 is 5.56 Å². The summed E-state index contributed by atoms with van der Waals surface area (Å²) in [6.07, 6.45) is 0. The van der Waals surface area contributed by atoms with Crippen molar-refractivity contribution in [1.82, 2.24) is 19.9 Å². The number of ether oxygens (including phenoxy) is 1. The Morgan fingerprint density at radius 3 is 2.92 bits per heavy atom. The molecule has 0 saturated heterocycles. The third-order valence-electron chi connectivity index (χ3n) is 3.33. The van der Waals surface area contributed by atoms with Crippen molar-refractivity contribution >= 4 is 40.5 Å². The zero-order valence-corrected chi connectivity index (χ0v) is 14.4. The number of anilines is 2. The van der Waals surface area contributed by atoms with Crippen LogP contribution in [0, 0.1) is 6.92 Å². The number of rotatable bonds is 5. The van der Waals surface area contributed by atoms with Gasteiger partial charge in [-0.05, 0) is 24.6 Å². The van der Waals surface area contributed by atoms with Gasteiger partial charge in [0.05, 0.1) is 18.6 Å². The van der Waals surface area contributed by atoms with Crippen molar-refractivity contribution in [3.05, 3.63) is 34.1 Å². The summed E-state index contributed by atoms with van der Waals surface area (Å²) in [6, 6.07) is 5.52. The Morgan fingerprint density at radius 1 is 1.36 bits per heavy atom. The van der Waals surface area contributed by atoms with E-state index in [-0.39, 0.29) is 28.8 Å². The van der Waals surface area contributed by atoms with Crippen LogP contribution in [0.5, 0.6) is 5.75 Å². The number of hydrogen-bond acceptors (Lipinski definition) is 7. The summed E-state index contributed by atoms with van der Waals surface area (Å²) in [6.45, 7) is 1.93. The molecule has 25 heavy (non-hydrogen) atoms. The van der Waals surface area contributed by atoms with Crippen molar-refractivity contribution in [1.29, 1.82) is 0 Å². The zero-order valence-electron chi connectivity index (χ0n) is 13.5. The van der Waals surface area contributed by atoms with Crippen molar-refractivity contribution in [2.75, 3.05) is 23.9 Å². The fourth-order valence-corrected chi connectivity index (χ4v) is 2.88. The molecule has 3 rings (SSSR count). The van der Waals surface area contributed by atoms with Crippen LogP contribution < -0.4 is 21.3 Å². The standard InChI is InChI=1S/C15H16N6O3S/c1-7-3-4-9(24-2)8(5-7)17-10(22)6-25-15-18-11-12(20-15)19-14(16)21-13(11)23/h3-5H,6H2,1-2H3,(H,17,22)(H4,16,18,19,20,21,23). The van der Waals surface area contributed by atoms with Crippen LogP contribution in [0.4, 0.5) is 11.6 Å². The lowest BCUT2D eigenvalue weighted by Crippen LogP contribution is -2.15. The highest BCUT2D eigenvalue weighted by molar-refractivity contribution is 7.99. The maximum Gasteiger partial charge on any atom is 0.278 e. The second-order valence-electron chi connectivity index (χ2n) is 5.23. The van der Waals surface area contributed by atoms with Crippen molar-refractivity contribution in [2.24, 2.45) is 0 Å². The third kappa shape index (κ3) is 3.74. The molecular weight excluding hydrogens is 344 g/mol. The van der Waals surface area contributed by atoms with Gasteiger partial charge in [-0.25, -0.2) is 4.98 Å². The van der Waals surface area contributed by atoms with Crippen molar-refractivity contribution < 1.29 is 9.53 Å². The van der Waals surface area contributed by atoms with Crippen LogP contribution in [0.1, 0.15) is 5.56 Å². The van der Waals surface area contributed by atoms with Gasteiger partial charge in [0.1, 0.15) is 5.75 Å². The molecule has 0 fully saturated rings. The highest BCUT2D eigenvalue weighted by atomic mass is 32.2. The number of carbonyl (C=O) groups excluding carboxylic acids is 1. The van der Waals surface area contributed by atoms with Crippen LogP contribution in [0.15, 0.2) is 28.2 Å². The minimum absolute atomic E-state index is 0.00941. The number of nitrogens with two attached hydrogens (primary N) is 1. The number of methoxy groups -OCH3 is 1. The molecule has 0 spiro atoms. The number of hydrogen-bond donors (Lipinski definition) is 4. The Balaban J connectivity index is 1.70. The number of benzene rings is 1. The molecule has 0 saturated carbocycles. The Morgan fingerprint density at radius 2 is 2.16 bits per heavy atom. The number of nitrogen functional groups attached to an aromatic ring is 1. The average molecular weight is 360 g/mol. The number of aromatic nitrogens is 4. The molecule has 2 heterocycles. The number of aromatic amines is 2. The van der Waals surface area contributed by atoms with Gasteiger partial charge in [-0.1, -0.05) is 17.8 Å². The van der Waals surface area contributed by atoms with Gasteiger partial charge < -0.3 is 20.8 Å². The molecule has 0 aliphatic carbocycles. The predicted molar refractivity (Wildman–Crippen MR) is 96.0 cm³/mol. The molecule has 1 aromatic carbocycles. The molecule has 3 aromatic rings. The number of imidazole rings is 1. The number of carbonyl (C=O) groups is 1. The lowest BCUT2D eigenvalue weighted by molar-refractivity contribution is -0.113. The smallest absolute Gasteiger partial charge is 0.278 e. The van der Waals surface area contributed by atoms with Gasteiger partial charge in [0, 0.05) is 0 Å². The lowest BCUT2D eigenvalue weighted by atomic mass is 10.2. The molecule has 0 radical (unpaired) electrons. The molecule has 0 unspecified atom stereocenters. The molecule has 10 heteroatoms. The number of thioether (sulfide) groups is 1. The molecule has 1 amide bonds.